The van der Waals surface area contributed by atoms with Gasteiger partial charge in [-0.05, 0) is 53.2 Å². The van der Waals surface area contributed by atoms with Gasteiger partial charge in [-0.25, -0.2) is 0 Å². The zero-order chi connectivity index (χ0) is 12.8. The first kappa shape index (κ1) is 13.6. The number of ether oxygens (including phenoxy) is 1. The fourth-order valence-corrected chi connectivity index (χ4v) is 2.63. The first-order chi connectivity index (χ1) is 8.77. The lowest BCUT2D eigenvalue weighted by atomic mass is 9.97. The molecule has 0 aromatic heterocycles. The number of amides is 1. The van der Waals surface area contributed by atoms with E-state index in [1.165, 1.54) is 0 Å². The van der Waals surface area contributed by atoms with Crippen LogP contribution in [0.25, 0.3) is 0 Å². The Kier molecular flexibility index (Phi) is 5.20. The molecule has 4 heteroatoms. The number of benzene rings is 1. The Labute approximate surface area is 116 Å². The van der Waals surface area contributed by atoms with Gasteiger partial charge in [0.05, 0.1) is 5.56 Å². The van der Waals surface area contributed by atoms with Crippen LogP contribution in [-0.4, -0.2) is 25.7 Å². The summed E-state index contributed by atoms with van der Waals surface area (Å²) in [5, 5.41) is 2.98. The van der Waals surface area contributed by atoms with E-state index in [4.69, 9.17) is 4.74 Å². The van der Waals surface area contributed by atoms with Crippen LogP contribution in [0.15, 0.2) is 28.7 Å². The molecule has 1 N–H and O–H groups in total. The molecule has 1 aliphatic rings. The third kappa shape index (κ3) is 3.82. The Morgan fingerprint density at radius 3 is 2.78 bits per heavy atom. The number of halogens is 1. The highest BCUT2D eigenvalue weighted by molar-refractivity contribution is 9.10. The summed E-state index contributed by atoms with van der Waals surface area (Å²) < 4.78 is 6.16. The average molecular weight is 312 g/mol. The Morgan fingerprint density at radius 2 is 2.06 bits per heavy atom. The molecule has 1 heterocycles. The monoisotopic (exact) mass is 311 g/mol. The maximum atomic E-state index is 11.9. The molecule has 18 heavy (non-hydrogen) atoms. The van der Waals surface area contributed by atoms with Crippen LogP contribution in [0.3, 0.4) is 0 Å². The van der Waals surface area contributed by atoms with Crippen molar-refractivity contribution < 1.29 is 9.53 Å². The van der Waals surface area contributed by atoms with Crippen LogP contribution in [0.5, 0.6) is 0 Å². The molecule has 0 bridgehead atoms. The molecule has 1 aliphatic heterocycles. The summed E-state index contributed by atoms with van der Waals surface area (Å²) in [6.07, 6.45) is 3.27. The SMILES string of the molecule is O=C(NCCC1CCOCC1)c1ccccc1Br. The van der Waals surface area contributed by atoms with Crippen molar-refractivity contribution in [2.75, 3.05) is 19.8 Å². The largest absolute Gasteiger partial charge is 0.381 e. The first-order valence-electron chi connectivity index (χ1n) is 6.38. The van der Waals surface area contributed by atoms with Crippen molar-refractivity contribution in [3.05, 3.63) is 34.3 Å². The molecule has 0 atom stereocenters. The maximum absolute atomic E-state index is 11.9. The first-order valence-corrected chi connectivity index (χ1v) is 7.17. The second-order valence-electron chi connectivity index (χ2n) is 4.58. The van der Waals surface area contributed by atoms with Crippen molar-refractivity contribution in [1.29, 1.82) is 0 Å². The van der Waals surface area contributed by atoms with Gasteiger partial charge in [0.25, 0.3) is 5.91 Å². The van der Waals surface area contributed by atoms with Gasteiger partial charge in [0.1, 0.15) is 0 Å². The topological polar surface area (TPSA) is 38.3 Å². The van der Waals surface area contributed by atoms with Gasteiger partial charge >= 0.3 is 0 Å². The number of hydrogen-bond acceptors (Lipinski definition) is 2. The minimum Gasteiger partial charge on any atom is -0.381 e. The van der Waals surface area contributed by atoms with Gasteiger partial charge < -0.3 is 10.1 Å². The Hall–Kier alpha value is -0.870. The minimum absolute atomic E-state index is 0.00506. The summed E-state index contributed by atoms with van der Waals surface area (Å²) in [6, 6.07) is 7.49. The molecule has 2 rings (SSSR count). The van der Waals surface area contributed by atoms with E-state index in [1.54, 1.807) is 0 Å². The van der Waals surface area contributed by atoms with Gasteiger partial charge in [-0.3, -0.25) is 4.79 Å². The third-order valence-electron chi connectivity index (χ3n) is 3.30. The Morgan fingerprint density at radius 1 is 1.33 bits per heavy atom. The van der Waals surface area contributed by atoms with Gasteiger partial charge in [0, 0.05) is 24.2 Å². The van der Waals surface area contributed by atoms with Gasteiger partial charge in [0.15, 0.2) is 0 Å². The van der Waals surface area contributed by atoms with E-state index in [1.807, 2.05) is 24.3 Å². The van der Waals surface area contributed by atoms with E-state index in [9.17, 15) is 4.79 Å². The molecule has 0 spiro atoms. The lowest BCUT2D eigenvalue weighted by Gasteiger charge is -2.21. The van der Waals surface area contributed by atoms with Crippen molar-refractivity contribution in [3.63, 3.8) is 0 Å². The van der Waals surface area contributed by atoms with Crippen molar-refractivity contribution >= 4 is 21.8 Å². The lowest BCUT2D eigenvalue weighted by molar-refractivity contribution is 0.0636. The predicted molar refractivity (Wildman–Crippen MR) is 74.6 cm³/mol. The zero-order valence-electron chi connectivity index (χ0n) is 10.3. The smallest absolute Gasteiger partial charge is 0.252 e. The Balaban J connectivity index is 1.76. The lowest BCUT2D eigenvalue weighted by Crippen LogP contribution is -2.27. The molecule has 1 amide bonds. The molecule has 98 valence electrons. The summed E-state index contributed by atoms with van der Waals surface area (Å²) in [4.78, 5) is 11.9. The summed E-state index contributed by atoms with van der Waals surface area (Å²) in [7, 11) is 0. The zero-order valence-corrected chi connectivity index (χ0v) is 11.9. The number of hydrogen-bond donors (Lipinski definition) is 1. The second kappa shape index (κ2) is 6.90. The van der Waals surface area contributed by atoms with Crippen LogP contribution in [0.4, 0.5) is 0 Å². The molecular formula is C14H18BrNO2. The van der Waals surface area contributed by atoms with Crippen molar-refractivity contribution in [2.45, 2.75) is 19.3 Å². The van der Waals surface area contributed by atoms with E-state index in [2.05, 4.69) is 21.2 Å². The van der Waals surface area contributed by atoms with Gasteiger partial charge in [-0.1, -0.05) is 12.1 Å². The van der Waals surface area contributed by atoms with Crippen LogP contribution in [-0.2, 0) is 4.74 Å². The normalized spacial score (nSPS) is 16.5. The fraction of sp³-hybridized carbons (Fsp3) is 0.500. The van der Waals surface area contributed by atoms with E-state index >= 15 is 0 Å². The minimum atomic E-state index is -0.00506. The summed E-state index contributed by atoms with van der Waals surface area (Å²) >= 11 is 3.39. The van der Waals surface area contributed by atoms with Crippen molar-refractivity contribution in [3.8, 4) is 0 Å². The van der Waals surface area contributed by atoms with E-state index in [0.717, 1.165) is 43.5 Å². The molecule has 1 fully saturated rings. The van der Waals surface area contributed by atoms with Crippen LogP contribution in [0, 0.1) is 5.92 Å². The third-order valence-corrected chi connectivity index (χ3v) is 3.99. The quantitative estimate of drug-likeness (QED) is 0.928. The highest BCUT2D eigenvalue weighted by Gasteiger charge is 2.14. The van der Waals surface area contributed by atoms with Gasteiger partial charge in [0.2, 0.25) is 0 Å². The van der Waals surface area contributed by atoms with Gasteiger partial charge in [-0.2, -0.15) is 0 Å². The van der Waals surface area contributed by atoms with Crippen LogP contribution >= 0.6 is 15.9 Å². The van der Waals surface area contributed by atoms with E-state index in [0.29, 0.717) is 11.5 Å². The molecule has 1 aromatic carbocycles. The number of carbonyl (C=O) groups excluding carboxylic acids is 1. The second-order valence-corrected chi connectivity index (χ2v) is 5.43. The highest BCUT2D eigenvalue weighted by atomic mass is 79.9. The summed E-state index contributed by atoms with van der Waals surface area (Å²) in [5.74, 6) is 0.688. The number of rotatable bonds is 4. The van der Waals surface area contributed by atoms with E-state index < -0.39 is 0 Å². The standard InChI is InChI=1S/C14H18BrNO2/c15-13-4-2-1-3-12(13)14(17)16-8-5-11-6-9-18-10-7-11/h1-4,11H,5-10H2,(H,16,17). The van der Waals surface area contributed by atoms with Crippen molar-refractivity contribution in [2.24, 2.45) is 5.92 Å². The fourth-order valence-electron chi connectivity index (χ4n) is 2.17. The number of nitrogens with one attached hydrogen (secondary N) is 1. The van der Waals surface area contributed by atoms with Crippen LogP contribution < -0.4 is 5.32 Å². The predicted octanol–water partition coefficient (Wildman–Crippen LogP) is 3.00. The molecule has 0 saturated carbocycles. The molecule has 1 saturated heterocycles. The van der Waals surface area contributed by atoms with Crippen molar-refractivity contribution in [1.82, 2.24) is 5.32 Å². The maximum Gasteiger partial charge on any atom is 0.252 e. The molecule has 0 unspecified atom stereocenters. The highest BCUT2D eigenvalue weighted by Crippen LogP contribution is 2.18. The van der Waals surface area contributed by atoms with E-state index in [-0.39, 0.29) is 5.91 Å². The molecule has 1 aromatic rings. The number of carbonyl (C=O) groups is 1. The summed E-state index contributed by atoms with van der Waals surface area (Å²) in [5.41, 5.74) is 0.699. The summed E-state index contributed by atoms with van der Waals surface area (Å²) in [6.45, 7) is 2.47. The molecular weight excluding hydrogens is 294 g/mol. The Bertz CT molecular complexity index is 403. The van der Waals surface area contributed by atoms with Crippen LogP contribution in [0.1, 0.15) is 29.6 Å². The molecule has 0 aliphatic carbocycles. The van der Waals surface area contributed by atoms with Gasteiger partial charge in [-0.15, -0.1) is 0 Å². The average Bonchev–Trinajstić information content (AvgIpc) is 2.40. The molecule has 3 nitrogen and oxygen atoms in total. The van der Waals surface area contributed by atoms with Crippen LogP contribution in [0.2, 0.25) is 0 Å². The molecule has 0 radical (unpaired) electrons.